The lowest BCUT2D eigenvalue weighted by atomic mass is 10.00. The number of amides is 1. The first-order valence-corrected chi connectivity index (χ1v) is 13.2. The Labute approximate surface area is 197 Å². The number of hydrogen-bond donors (Lipinski definition) is 1. The van der Waals surface area contributed by atoms with E-state index in [2.05, 4.69) is 31.9 Å². The lowest BCUT2D eigenvalue weighted by Gasteiger charge is -2.31. The van der Waals surface area contributed by atoms with Crippen LogP contribution in [0.3, 0.4) is 0 Å². The van der Waals surface area contributed by atoms with Crippen molar-refractivity contribution < 1.29 is 14.3 Å². The predicted octanol–water partition coefficient (Wildman–Crippen LogP) is 4.38. The molecule has 8 nitrogen and oxygen atoms in total. The van der Waals surface area contributed by atoms with Gasteiger partial charge in [-0.2, -0.15) is 0 Å². The Morgan fingerprint density at radius 3 is 2.62 bits per heavy atom. The summed E-state index contributed by atoms with van der Waals surface area (Å²) in [7, 11) is 0. The molecule has 1 amide bonds. The van der Waals surface area contributed by atoms with Crippen molar-refractivity contribution in [3.8, 4) is 0 Å². The highest BCUT2D eigenvalue weighted by atomic mass is 32.2. The Hall–Kier alpha value is -2.07. The Kier molecular flexibility index (Phi) is 7.40. The maximum atomic E-state index is 12.7. The van der Waals surface area contributed by atoms with Crippen molar-refractivity contribution in [3.05, 3.63) is 16.5 Å². The molecule has 2 aromatic heterocycles. The third kappa shape index (κ3) is 5.28. The highest BCUT2D eigenvalue weighted by Gasteiger charge is 2.32. The minimum atomic E-state index is -0.402. The Morgan fingerprint density at radius 2 is 1.97 bits per heavy atom. The number of esters is 1. The number of nitrogens with zero attached hydrogens (tertiary/aromatic N) is 4. The van der Waals surface area contributed by atoms with Gasteiger partial charge in [0.2, 0.25) is 11.9 Å². The molecule has 2 fully saturated rings. The molecule has 174 valence electrons. The van der Waals surface area contributed by atoms with Crippen molar-refractivity contribution in [2.24, 2.45) is 5.92 Å². The molecule has 2 aromatic rings. The Bertz CT molecular complexity index is 961. The predicted molar refractivity (Wildman–Crippen MR) is 128 cm³/mol. The van der Waals surface area contributed by atoms with E-state index in [4.69, 9.17) is 4.74 Å². The maximum absolute atomic E-state index is 12.7. The third-order valence-electron chi connectivity index (χ3n) is 5.84. The molecule has 10 heteroatoms. The summed E-state index contributed by atoms with van der Waals surface area (Å²) in [5.74, 6) is 1.34. The molecule has 1 N–H and O–H groups in total. The first-order chi connectivity index (χ1) is 15.5. The van der Waals surface area contributed by atoms with Gasteiger partial charge in [-0.1, -0.05) is 25.6 Å². The molecule has 0 bridgehead atoms. The van der Waals surface area contributed by atoms with Gasteiger partial charge in [0, 0.05) is 24.0 Å². The van der Waals surface area contributed by atoms with E-state index in [-0.39, 0.29) is 11.7 Å². The number of carbonyl (C=O) groups excluding carboxylic acids is 2. The Balaban J connectivity index is 1.42. The third-order valence-corrected chi connectivity index (χ3v) is 7.98. The van der Waals surface area contributed by atoms with Crippen LogP contribution in [0.1, 0.15) is 67.7 Å². The molecule has 1 saturated carbocycles. The summed E-state index contributed by atoms with van der Waals surface area (Å²) >= 11 is 2.83. The van der Waals surface area contributed by atoms with Crippen molar-refractivity contribution in [1.82, 2.24) is 14.8 Å². The number of aryl methyl sites for hydroxylation is 1. The fraction of sp³-hybridized carbons (Fsp3) is 0.636. The van der Waals surface area contributed by atoms with Gasteiger partial charge in [-0.3, -0.25) is 9.36 Å². The van der Waals surface area contributed by atoms with Crippen LogP contribution in [0.2, 0.25) is 0 Å². The maximum Gasteiger partial charge on any atom is 0.341 e. The molecule has 2 aliphatic rings. The second-order valence-electron chi connectivity index (χ2n) is 8.42. The fourth-order valence-electron chi connectivity index (χ4n) is 3.81. The van der Waals surface area contributed by atoms with E-state index in [0.29, 0.717) is 23.2 Å². The molecule has 0 atom stereocenters. The molecule has 0 radical (unpaired) electrons. The van der Waals surface area contributed by atoms with E-state index in [1.165, 1.54) is 35.9 Å². The summed E-state index contributed by atoms with van der Waals surface area (Å²) in [5, 5.41) is 13.2. The molecule has 4 rings (SSSR count). The van der Waals surface area contributed by atoms with Crippen molar-refractivity contribution in [2.45, 2.75) is 64.1 Å². The number of rotatable bonds is 9. The van der Waals surface area contributed by atoms with Crippen LogP contribution in [0.25, 0.3) is 0 Å². The van der Waals surface area contributed by atoms with Gasteiger partial charge in [-0.15, -0.1) is 21.5 Å². The second-order valence-corrected chi connectivity index (χ2v) is 10.5. The molecular weight excluding hydrogens is 446 g/mol. The molecule has 0 spiro atoms. The van der Waals surface area contributed by atoms with E-state index in [0.717, 1.165) is 54.3 Å². The quantitative estimate of drug-likeness (QED) is 0.423. The van der Waals surface area contributed by atoms with Crippen LogP contribution in [0.5, 0.6) is 0 Å². The van der Waals surface area contributed by atoms with Gasteiger partial charge in [0.05, 0.1) is 17.9 Å². The second kappa shape index (κ2) is 10.2. The summed E-state index contributed by atoms with van der Waals surface area (Å²) in [6, 6.07) is 2.24. The molecule has 1 aliphatic carbocycles. The summed E-state index contributed by atoms with van der Waals surface area (Å²) < 4.78 is 7.36. The largest absolute Gasteiger partial charge is 0.462 e. The van der Waals surface area contributed by atoms with E-state index in [9.17, 15) is 9.59 Å². The van der Waals surface area contributed by atoms with Crippen LogP contribution in [-0.2, 0) is 16.0 Å². The molecule has 3 heterocycles. The van der Waals surface area contributed by atoms with Crippen LogP contribution in [0, 0.1) is 5.92 Å². The SMILES string of the molecule is CCOC(=O)c1cc(CC)sc1NC(=O)CSc1nnc(N2CCC(C)CC2)n1C1CC1. The van der Waals surface area contributed by atoms with Gasteiger partial charge < -0.3 is 15.0 Å². The van der Waals surface area contributed by atoms with Gasteiger partial charge in [0.15, 0.2) is 5.16 Å². The van der Waals surface area contributed by atoms with Gasteiger partial charge in [0.25, 0.3) is 0 Å². The van der Waals surface area contributed by atoms with E-state index in [1.54, 1.807) is 13.0 Å². The number of carbonyl (C=O) groups is 2. The van der Waals surface area contributed by atoms with Crippen LogP contribution in [0.15, 0.2) is 11.2 Å². The van der Waals surface area contributed by atoms with Gasteiger partial charge in [0.1, 0.15) is 5.00 Å². The number of thiophene rings is 1. The zero-order chi connectivity index (χ0) is 22.7. The molecule has 1 aliphatic heterocycles. The number of nitrogens with one attached hydrogen (secondary N) is 1. The van der Waals surface area contributed by atoms with Gasteiger partial charge in [-0.05, 0) is 51.0 Å². The fourth-order valence-corrected chi connectivity index (χ4v) is 5.61. The average Bonchev–Trinajstić information content (AvgIpc) is 3.40. The summed E-state index contributed by atoms with van der Waals surface area (Å²) in [5.41, 5.74) is 0.426. The van der Waals surface area contributed by atoms with Crippen LogP contribution in [-0.4, -0.2) is 52.1 Å². The van der Waals surface area contributed by atoms with Crippen molar-refractivity contribution >= 4 is 45.9 Å². The monoisotopic (exact) mass is 477 g/mol. The van der Waals surface area contributed by atoms with Gasteiger partial charge in [-0.25, -0.2) is 4.79 Å². The molecule has 1 saturated heterocycles. The molecule has 0 aromatic carbocycles. The average molecular weight is 478 g/mol. The number of thioether (sulfide) groups is 1. The van der Waals surface area contributed by atoms with Crippen molar-refractivity contribution in [3.63, 3.8) is 0 Å². The standard InChI is InChI=1S/C22H31N5O3S2/c1-4-16-12-17(20(29)30-5-2)19(32-16)23-18(28)13-31-22-25-24-21(27(22)15-6-7-15)26-10-8-14(3)9-11-26/h12,14-15H,4-11,13H2,1-3H3,(H,23,28). The van der Waals surface area contributed by atoms with Gasteiger partial charge >= 0.3 is 5.97 Å². The topological polar surface area (TPSA) is 89.3 Å². The highest BCUT2D eigenvalue weighted by molar-refractivity contribution is 7.99. The first-order valence-electron chi connectivity index (χ1n) is 11.4. The number of anilines is 2. The van der Waals surface area contributed by atoms with Crippen LogP contribution < -0.4 is 10.2 Å². The molecule has 32 heavy (non-hydrogen) atoms. The summed E-state index contributed by atoms with van der Waals surface area (Å²) in [6.45, 7) is 8.40. The number of ether oxygens (including phenoxy) is 1. The van der Waals surface area contributed by atoms with Crippen LogP contribution in [0.4, 0.5) is 10.9 Å². The molecular formula is C22H31N5O3S2. The number of hydrogen-bond acceptors (Lipinski definition) is 8. The first kappa shape index (κ1) is 23.1. The molecule has 0 unspecified atom stereocenters. The smallest absolute Gasteiger partial charge is 0.341 e. The highest BCUT2D eigenvalue weighted by Crippen LogP contribution is 2.41. The minimum Gasteiger partial charge on any atom is -0.462 e. The lowest BCUT2D eigenvalue weighted by Crippen LogP contribution is -2.34. The van der Waals surface area contributed by atoms with Crippen LogP contribution >= 0.6 is 23.1 Å². The summed E-state index contributed by atoms with van der Waals surface area (Å²) in [6.07, 6.45) is 5.40. The van der Waals surface area contributed by atoms with E-state index in [1.807, 2.05) is 6.92 Å². The summed E-state index contributed by atoms with van der Waals surface area (Å²) in [4.78, 5) is 28.3. The van der Waals surface area contributed by atoms with E-state index >= 15 is 0 Å². The minimum absolute atomic E-state index is 0.163. The number of piperidine rings is 1. The Morgan fingerprint density at radius 1 is 1.22 bits per heavy atom. The lowest BCUT2D eigenvalue weighted by molar-refractivity contribution is -0.113. The zero-order valence-corrected chi connectivity index (χ0v) is 20.6. The zero-order valence-electron chi connectivity index (χ0n) is 18.9. The number of aromatic nitrogens is 3. The normalized spacial score (nSPS) is 16.9. The van der Waals surface area contributed by atoms with Crippen molar-refractivity contribution in [2.75, 3.05) is 35.7 Å². The van der Waals surface area contributed by atoms with E-state index < -0.39 is 5.97 Å². The van der Waals surface area contributed by atoms with Crippen molar-refractivity contribution in [1.29, 1.82) is 0 Å².